The fourth-order valence-corrected chi connectivity index (χ4v) is 1.52. The van der Waals surface area contributed by atoms with E-state index in [0.29, 0.717) is 0 Å². The Morgan fingerprint density at radius 1 is 1.10 bits per heavy atom. The lowest BCUT2D eigenvalue weighted by Gasteiger charge is -2.27. The third-order valence-electron chi connectivity index (χ3n) is 1.93. The number of ether oxygens (including phenoxy) is 2. The minimum absolute atomic E-state index is 0.0608. The Hall–Kier alpha value is -0.860. The van der Waals surface area contributed by atoms with Crippen LogP contribution in [0.3, 0.4) is 0 Å². The summed E-state index contributed by atoms with van der Waals surface area (Å²) in [6.45, 7) is 9.14. The van der Waals surface area contributed by atoms with Crippen molar-refractivity contribution in [1.29, 1.82) is 0 Å². The number of nitrogens with one attached hydrogen (secondary N) is 1. The molecule has 0 saturated heterocycles. The van der Waals surface area contributed by atoms with Gasteiger partial charge >= 0.3 is 6.09 Å². The van der Waals surface area contributed by atoms with Crippen LogP contribution in [-0.4, -0.2) is 51.7 Å². The minimum atomic E-state index is -3.46. The van der Waals surface area contributed by atoms with E-state index >= 15 is 0 Å². The lowest BCUT2D eigenvalue weighted by Crippen LogP contribution is -2.43. The smallest absolute Gasteiger partial charge is 0.407 e. The molecule has 8 heteroatoms. The van der Waals surface area contributed by atoms with Crippen molar-refractivity contribution in [3.05, 3.63) is 0 Å². The highest BCUT2D eigenvalue weighted by molar-refractivity contribution is 7.85. The van der Waals surface area contributed by atoms with E-state index in [9.17, 15) is 13.2 Å². The van der Waals surface area contributed by atoms with Gasteiger partial charge in [-0.3, -0.25) is 4.18 Å². The summed E-state index contributed by atoms with van der Waals surface area (Å²) < 4.78 is 36.6. The molecule has 0 rings (SSSR count). The molecule has 0 heterocycles. The molecule has 120 valence electrons. The van der Waals surface area contributed by atoms with Gasteiger partial charge in [0.15, 0.2) is 0 Å². The second-order valence-electron chi connectivity index (χ2n) is 5.99. The highest BCUT2D eigenvalue weighted by Gasteiger charge is 2.22. The van der Waals surface area contributed by atoms with Crippen LogP contribution >= 0.6 is 0 Å². The summed E-state index contributed by atoms with van der Waals surface area (Å²) in [5, 5.41) is 2.59. The standard InChI is InChI=1S/C12H25NO6S/c1-11(2,3)19-10(14)13-9-12(4,5)17-7-8-18-20(6,15)16/h7-9H2,1-6H3,(H,13,14). The minimum Gasteiger partial charge on any atom is -0.444 e. The first-order valence-corrected chi connectivity index (χ1v) is 8.08. The van der Waals surface area contributed by atoms with Gasteiger partial charge in [0.2, 0.25) is 0 Å². The van der Waals surface area contributed by atoms with Crippen LogP contribution < -0.4 is 5.32 Å². The number of amides is 1. The van der Waals surface area contributed by atoms with E-state index in [4.69, 9.17) is 9.47 Å². The third kappa shape index (κ3) is 12.2. The van der Waals surface area contributed by atoms with Gasteiger partial charge in [-0.1, -0.05) is 0 Å². The molecule has 0 fully saturated rings. The molecule has 0 bridgehead atoms. The second kappa shape index (κ2) is 7.24. The fraction of sp³-hybridized carbons (Fsp3) is 0.917. The summed E-state index contributed by atoms with van der Waals surface area (Å²) in [7, 11) is -3.46. The zero-order valence-corrected chi connectivity index (χ0v) is 13.8. The SMILES string of the molecule is CC(C)(C)OC(=O)NCC(C)(C)OCCOS(C)(=O)=O. The van der Waals surface area contributed by atoms with Gasteiger partial charge < -0.3 is 14.8 Å². The molecule has 0 aromatic carbocycles. The molecule has 0 radical (unpaired) electrons. The monoisotopic (exact) mass is 311 g/mol. The normalized spacial score (nSPS) is 13.1. The van der Waals surface area contributed by atoms with Gasteiger partial charge in [-0.05, 0) is 34.6 Å². The van der Waals surface area contributed by atoms with Gasteiger partial charge in [-0.25, -0.2) is 4.79 Å². The molecular formula is C12H25NO6S. The summed E-state index contributed by atoms with van der Waals surface area (Å²) in [5.74, 6) is 0. The van der Waals surface area contributed by atoms with Crippen molar-refractivity contribution in [1.82, 2.24) is 5.32 Å². The second-order valence-corrected chi connectivity index (χ2v) is 7.63. The fourth-order valence-electron chi connectivity index (χ4n) is 1.15. The largest absolute Gasteiger partial charge is 0.444 e. The third-order valence-corrected chi connectivity index (χ3v) is 2.53. The lowest BCUT2D eigenvalue weighted by atomic mass is 10.1. The van der Waals surface area contributed by atoms with Crippen LogP contribution in [0.5, 0.6) is 0 Å². The molecule has 1 N–H and O–H groups in total. The van der Waals surface area contributed by atoms with Crippen LogP contribution in [0.15, 0.2) is 0 Å². The Labute approximate surface area is 121 Å². The van der Waals surface area contributed by atoms with Crippen LogP contribution in [0, 0.1) is 0 Å². The topological polar surface area (TPSA) is 90.9 Å². The Morgan fingerprint density at radius 3 is 2.10 bits per heavy atom. The Balaban J connectivity index is 3.98. The van der Waals surface area contributed by atoms with Gasteiger partial charge in [-0.2, -0.15) is 8.42 Å². The molecule has 0 aromatic heterocycles. The van der Waals surface area contributed by atoms with Crippen molar-refractivity contribution in [3.8, 4) is 0 Å². The Morgan fingerprint density at radius 2 is 1.65 bits per heavy atom. The van der Waals surface area contributed by atoms with E-state index in [-0.39, 0.29) is 19.8 Å². The molecular weight excluding hydrogens is 286 g/mol. The number of carbonyl (C=O) groups is 1. The first kappa shape index (κ1) is 19.1. The van der Waals surface area contributed by atoms with Gasteiger partial charge in [0.05, 0.1) is 25.1 Å². The van der Waals surface area contributed by atoms with E-state index in [2.05, 4.69) is 9.50 Å². The maximum atomic E-state index is 11.5. The predicted octanol–water partition coefficient (Wildman–Crippen LogP) is 1.28. The molecule has 0 aliphatic rings. The van der Waals surface area contributed by atoms with Crippen molar-refractivity contribution in [3.63, 3.8) is 0 Å². The molecule has 7 nitrogen and oxygen atoms in total. The first-order chi connectivity index (χ1) is 8.81. The van der Waals surface area contributed by atoms with Crippen molar-refractivity contribution in [2.24, 2.45) is 0 Å². The van der Waals surface area contributed by atoms with Gasteiger partial charge in [0.25, 0.3) is 10.1 Å². The van der Waals surface area contributed by atoms with Gasteiger partial charge in [-0.15, -0.1) is 0 Å². The molecule has 0 atom stereocenters. The summed E-state index contributed by atoms with van der Waals surface area (Å²) in [4.78, 5) is 11.5. The first-order valence-electron chi connectivity index (χ1n) is 6.26. The Kier molecular flexibility index (Phi) is 6.92. The highest BCUT2D eigenvalue weighted by atomic mass is 32.2. The van der Waals surface area contributed by atoms with E-state index in [0.717, 1.165) is 6.26 Å². The molecule has 1 amide bonds. The molecule has 0 saturated carbocycles. The van der Waals surface area contributed by atoms with Crippen molar-refractivity contribution < 1.29 is 26.9 Å². The molecule has 0 aliphatic carbocycles. The van der Waals surface area contributed by atoms with Crippen LogP contribution in [0.25, 0.3) is 0 Å². The summed E-state index contributed by atoms with van der Waals surface area (Å²) >= 11 is 0. The predicted molar refractivity (Wildman–Crippen MR) is 75.1 cm³/mol. The number of alkyl carbamates (subject to hydrolysis) is 1. The number of hydrogen-bond acceptors (Lipinski definition) is 6. The zero-order valence-electron chi connectivity index (χ0n) is 13.0. The average Bonchev–Trinajstić information content (AvgIpc) is 2.18. The zero-order chi connectivity index (χ0) is 16.0. The molecule has 0 spiro atoms. The van der Waals surface area contributed by atoms with Crippen LogP contribution in [0.2, 0.25) is 0 Å². The van der Waals surface area contributed by atoms with Crippen LogP contribution in [0.1, 0.15) is 34.6 Å². The highest BCUT2D eigenvalue weighted by Crippen LogP contribution is 2.10. The Bertz CT molecular complexity index is 410. The maximum Gasteiger partial charge on any atom is 0.407 e. The van der Waals surface area contributed by atoms with Crippen molar-refractivity contribution >= 4 is 16.2 Å². The lowest BCUT2D eigenvalue weighted by molar-refractivity contribution is -0.0295. The molecule has 0 aromatic rings. The summed E-state index contributed by atoms with van der Waals surface area (Å²) in [5.41, 5.74) is -1.21. The van der Waals surface area contributed by atoms with E-state index in [1.54, 1.807) is 34.6 Å². The van der Waals surface area contributed by atoms with E-state index in [1.807, 2.05) is 0 Å². The summed E-state index contributed by atoms with van der Waals surface area (Å²) in [6, 6.07) is 0. The van der Waals surface area contributed by atoms with Crippen molar-refractivity contribution in [2.45, 2.75) is 45.8 Å². The molecule has 0 aliphatic heterocycles. The molecule has 0 unspecified atom stereocenters. The summed E-state index contributed by atoms with van der Waals surface area (Å²) in [6.07, 6.45) is 0.448. The quantitative estimate of drug-likeness (QED) is 0.562. The van der Waals surface area contributed by atoms with Crippen molar-refractivity contribution in [2.75, 3.05) is 26.0 Å². The number of carbonyl (C=O) groups excluding carboxylic acids is 1. The number of hydrogen-bond donors (Lipinski definition) is 1. The molecule has 20 heavy (non-hydrogen) atoms. The van der Waals surface area contributed by atoms with Gasteiger partial charge in [0.1, 0.15) is 5.60 Å². The maximum absolute atomic E-state index is 11.5. The average molecular weight is 311 g/mol. The van der Waals surface area contributed by atoms with Gasteiger partial charge in [0, 0.05) is 6.54 Å². The van der Waals surface area contributed by atoms with E-state index < -0.39 is 27.4 Å². The van der Waals surface area contributed by atoms with E-state index in [1.165, 1.54) is 0 Å². The van der Waals surface area contributed by atoms with Crippen LogP contribution in [0.4, 0.5) is 4.79 Å². The van der Waals surface area contributed by atoms with Crippen LogP contribution in [-0.2, 0) is 23.8 Å². The number of rotatable bonds is 7.